The van der Waals surface area contributed by atoms with Gasteiger partial charge in [-0.25, -0.2) is 0 Å². The summed E-state index contributed by atoms with van der Waals surface area (Å²) in [5.41, 5.74) is 4.57. The van der Waals surface area contributed by atoms with Crippen LogP contribution in [-0.4, -0.2) is 33.9 Å². The molecule has 0 aromatic rings. The van der Waals surface area contributed by atoms with Gasteiger partial charge in [0.15, 0.2) is 8.32 Å². The molecule has 6 atom stereocenters. The van der Waals surface area contributed by atoms with Gasteiger partial charge in [-0.3, -0.25) is 0 Å². The molecule has 0 N–H and O–H groups in total. The van der Waals surface area contributed by atoms with E-state index in [0.717, 1.165) is 25.2 Å². The molecule has 3 aliphatic carbocycles. The van der Waals surface area contributed by atoms with Crippen LogP contribution in [0.15, 0.2) is 47.6 Å². The van der Waals surface area contributed by atoms with Crippen LogP contribution in [0.25, 0.3) is 0 Å². The highest BCUT2D eigenvalue weighted by Crippen LogP contribution is 2.59. The van der Waals surface area contributed by atoms with Gasteiger partial charge in [0.1, 0.15) is 6.79 Å². The van der Waals surface area contributed by atoms with Crippen LogP contribution in [0.3, 0.4) is 0 Å². The first-order chi connectivity index (χ1) is 18.5. The maximum Gasteiger partial charge on any atom is 0.192 e. The zero-order valence-electron chi connectivity index (χ0n) is 28.0. The van der Waals surface area contributed by atoms with Crippen molar-refractivity contribution in [3.63, 3.8) is 0 Å². The van der Waals surface area contributed by atoms with Gasteiger partial charge in [0.25, 0.3) is 0 Å². The fourth-order valence-corrected chi connectivity index (χ4v) is 8.66. The monoisotopic (exact) mass is 570 g/mol. The van der Waals surface area contributed by atoms with Crippen LogP contribution in [0.1, 0.15) is 107 Å². The van der Waals surface area contributed by atoms with Gasteiger partial charge in [0, 0.05) is 19.1 Å². The quantitative estimate of drug-likeness (QED) is 0.148. The fraction of sp³-hybridized carbons (Fsp3) is 0.778. The number of methoxy groups -OCH3 is 1. The molecule has 228 valence electrons. The van der Waals surface area contributed by atoms with Crippen molar-refractivity contribution in [1.82, 2.24) is 0 Å². The van der Waals surface area contributed by atoms with Gasteiger partial charge in [0.2, 0.25) is 0 Å². The lowest BCUT2D eigenvalue weighted by Crippen LogP contribution is -2.44. The van der Waals surface area contributed by atoms with Gasteiger partial charge in [0.05, 0.1) is 5.60 Å². The van der Waals surface area contributed by atoms with Crippen LogP contribution in [0, 0.1) is 29.1 Å². The van der Waals surface area contributed by atoms with E-state index in [1.807, 2.05) is 0 Å². The summed E-state index contributed by atoms with van der Waals surface area (Å²) in [6.45, 7) is 28.2. The van der Waals surface area contributed by atoms with E-state index in [2.05, 4.69) is 99.4 Å². The normalized spacial score (nSPS) is 32.2. The number of hydrogen-bond donors (Lipinski definition) is 0. The SMILES string of the molecule is C=C1CC[C@H](O[Si](C)(C)C(C)(C)C)C/C1=C/C=C1\CCC[C@]2(C)[C@@H]([C@H](C)/C=C/[C@H](C)C(C)(C)OCOC)CC[C@@H]12. The summed E-state index contributed by atoms with van der Waals surface area (Å²) in [7, 11) is -0.0801. The molecule has 40 heavy (non-hydrogen) atoms. The van der Waals surface area contributed by atoms with Crippen LogP contribution in [0.2, 0.25) is 18.1 Å². The summed E-state index contributed by atoms with van der Waals surface area (Å²) < 4.78 is 17.9. The molecular formula is C36H62O3Si. The van der Waals surface area contributed by atoms with Crippen LogP contribution >= 0.6 is 0 Å². The van der Waals surface area contributed by atoms with E-state index in [1.54, 1.807) is 12.7 Å². The molecule has 3 rings (SSSR count). The summed E-state index contributed by atoms with van der Waals surface area (Å²) in [4.78, 5) is 0. The zero-order chi connectivity index (χ0) is 29.9. The molecule has 0 saturated heterocycles. The second-order valence-electron chi connectivity index (χ2n) is 15.6. The first kappa shape index (κ1) is 33.6. The molecule has 0 bridgehead atoms. The van der Waals surface area contributed by atoms with Crippen LogP contribution in [0.4, 0.5) is 0 Å². The predicted octanol–water partition coefficient (Wildman–Crippen LogP) is 10.4. The van der Waals surface area contributed by atoms with Crippen molar-refractivity contribution in [3.05, 3.63) is 47.6 Å². The Bertz CT molecular complexity index is 965. The first-order valence-electron chi connectivity index (χ1n) is 16.1. The standard InChI is InChI=1S/C36H62O3Si/c1-26-16-20-31(39-40(11,12)34(4,5)6)24-30(26)19-18-29-14-13-23-36(9)32(21-22-33(29)36)27(2)15-17-28(3)35(7,8)38-25-37-10/h15,17-19,27-28,31-33H,1,13-14,16,20-25H2,2-12H3/b17-15+,29-18+,30-19-/t27-,28+,31+,32-,33+,36-/m1/s1. The number of fused-ring (bicyclic) bond motifs is 1. The third-order valence-electron chi connectivity index (χ3n) is 11.5. The molecule has 0 spiro atoms. The zero-order valence-corrected chi connectivity index (χ0v) is 29.0. The Morgan fingerprint density at radius 1 is 1.02 bits per heavy atom. The minimum absolute atomic E-state index is 0.236. The number of rotatable bonds is 10. The van der Waals surface area contributed by atoms with Gasteiger partial charge in [-0.2, -0.15) is 0 Å². The molecule has 0 aromatic carbocycles. The Morgan fingerprint density at radius 3 is 2.38 bits per heavy atom. The van der Waals surface area contributed by atoms with E-state index >= 15 is 0 Å². The molecule has 0 unspecified atom stereocenters. The third kappa shape index (κ3) is 7.71. The summed E-state index contributed by atoms with van der Waals surface area (Å²) in [5, 5.41) is 0.247. The topological polar surface area (TPSA) is 27.7 Å². The molecule has 0 aliphatic heterocycles. The van der Waals surface area contributed by atoms with Crippen molar-refractivity contribution in [2.45, 2.75) is 137 Å². The molecule has 3 aliphatic rings. The van der Waals surface area contributed by atoms with Crippen molar-refractivity contribution in [2.24, 2.45) is 29.1 Å². The Hall–Kier alpha value is -0.943. The van der Waals surface area contributed by atoms with Gasteiger partial charge < -0.3 is 13.9 Å². The highest BCUT2D eigenvalue weighted by atomic mass is 28.4. The van der Waals surface area contributed by atoms with Gasteiger partial charge in [-0.15, -0.1) is 0 Å². The Balaban J connectivity index is 1.71. The Morgan fingerprint density at radius 2 is 1.73 bits per heavy atom. The molecule has 0 heterocycles. The predicted molar refractivity (Wildman–Crippen MR) is 174 cm³/mol. The summed E-state index contributed by atoms with van der Waals surface area (Å²) >= 11 is 0. The minimum Gasteiger partial charge on any atom is -0.414 e. The average Bonchev–Trinajstić information content (AvgIpc) is 3.22. The first-order valence-corrected chi connectivity index (χ1v) is 19.0. The lowest BCUT2D eigenvalue weighted by molar-refractivity contribution is -0.128. The lowest BCUT2D eigenvalue weighted by Gasteiger charge is -2.44. The van der Waals surface area contributed by atoms with Crippen LogP contribution < -0.4 is 0 Å². The average molecular weight is 571 g/mol. The van der Waals surface area contributed by atoms with E-state index in [9.17, 15) is 0 Å². The van der Waals surface area contributed by atoms with Crippen molar-refractivity contribution in [1.29, 1.82) is 0 Å². The Labute approximate surface area is 249 Å². The summed E-state index contributed by atoms with van der Waals surface area (Å²) in [5.74, 6) is 2.33. The smallest absolute Gasteiger partial charge is 0.192 e. The van der Waals surface area contributed by atoms with Crippen molar-refractivity contribution in [3.8, 4) is 0 Å². The second-order valence-corrected chi connectivity index (χ2v) is 20.3. The van der Waals surface area contributed by atoms with Crippen molar-refractivity contribution in [2.75, 3.05) is 13.9 Å². The van der Waals surface area contributed by atoms with E-state index in [0.29, 0.717) is 36.1 Å². The molecule has 0 radical (unpaired) electrons. The number of ether oxygens (including phenoxy) is 2. The maximum absolute atomic E-state index is 6.84. The number of hydrogen-bond acceptors (Lipinski definition) is 3. The largest absolute Gasteiger partial charge is 0.414 e. The molecule has 3 nitrogen and oxygen atoms in total. The lowest BCUT2D eigenvalue weighted by atomic mass is 9.61. The van der Waals surface area contributed by atoms with Gasteiger partial charge in [-0.05, 0) is 112 Å². The molecular weight excluding hydrogens is 508 g/mol. The van der Waals surface area contributed by atoms with Gasteiger partial charge >= 0.3 is 0 Å². The second kappa shape index (κ2) is 13.1. The summed E-state index contributed by atoms with van der Waals surface area (Å²) in [6, 6.07) is 0. The fourth-order valence-electron chi connectivity index (χ4n) is 7.27. The summed E-state index contributed by atoms with van der Waals surface area (Å²) in [6.07, 6.45) is 19.9. The minimum atomic E-state index is -1.77. The third-order valence-corrected chi connectivity index (χ3v) is 16.0. The highest BCUT2D eigenvalue weighted by molar-refractivity contribution is 6.74. The van der Waals surface area contributed by atoms with Crippen molar-refractivity contribution >= 4 is 8.32 Å². The van der Waals surface area contributed by atoms with E-state index < -0.39 is 8.32 Å². The molecule has 0 amide bonds. The Kier molecular flexibility index (Phi) is 11.0. The maximum atomic E-state index is 6.84. The number of allylic oxidation sites excluding steroid dienone is 5. The van der Waals surface area contributed by atoms with E-state index in [4.69, 9.17) is 13.9 Å². The van der Waals surface area contributed by atoms with Crippen molar-refractivity contribution < 1.29 is 13.9 Å². The van der Waals surface area contributed by atoms with E-state index in [-0.39, 0.29) is 10.6 Å². The van der Waals surface area contributed by atoms with Crippen LogP contribution in [0.5, 0.6) is 0 Å². The van der Waals surface area contributed by atoms with E-state index in [1.165, 1.54) is 43.3 Å². The van der Waals surface area contributed by atoms with Crippen LogP contribution in [-0.2, 0) is 13.9 Å². The molecule has 3 fully saturated rings. The highest BCUT2D eigenvalue weighted by Gasteiger charge is 2.50. The molecule has 4 heteroatoms. The molecule has 0 aromatic heterocycles. The van der Waals surface area contributed by atoms with Gasteiger partial charge in [-0.1, -0.05) is 83.6 Å². The molecule has 3 saturated carbocycles.